The number of methoxy groups -OCH3 is 2. The molecule has 0 spiro atoms. The normalized spacial score (nSPS) is 10.4. The molecule has 1 heterocycles. The van der Waals surface area contributed by atoms with Gasteiger partial charge in [0.25, 0.3) is 0 Å². The van der Waals surface area contributed by atoms with Crippen LogP contribution in [0.1, 0.15) is 20.8 Å². The van der Waals surface area contributed by atoms with Gasteiger partial charge in [0.1, 0.15) is 0 Å². The summed E-state index contributed by atoms with van der Waals surface area (Å²) in [6.07, 6.45) is 0.354. The van der Waals surface area contributed by atoms with Crippen molar-refractivity contribution < 1.29 is 14.3 Å². The number of hydrogen-bond acceptors (Lipinski definition) is 4. The highest BCUT2D eigenvalue weighted by atomic mass is 79.9. The molecule has 0 unspecified atom stereocenters. The number of carbonyl (C=O) groups excluding carboxylic acids is 1. The summed E-state index contributed by atoms with van der Waals surface area (Å²) in [5.41, 5.74) is 2.00. The van der Waals surface area contributed by atoms with Crippen LogP contribution >= 0.6 is 27.3 Å². The van der Waals surface area contributed by atoms with E-state index < -0.39 is 0 Å². The molecule has 20 heavy (non-hydrogen) atoms. The van der Waals surface area contributed by atoms with Gasteiger partial charge in [0.15, 0.2) is 17.3 Å². The zero-order valence-electron chi connectivity index (χ0n) is 11.5. The third-order valence-electron chi connectivity index (χ3n) is 2.94. The number of halogens is 1. The standard InChI is InChI=1S/C15H15BrO3S/c1-9-6-14(20-15(9)16)11(17)7-10-4-5-12(18-2)13(8-10)19-3/h4-6,8H,7H2,1-3H3. The Morgan fingerprint density at radius 2 is 1.90 bits per heavy atom. The SMILES string of the molecule is COc1ccc(CC(=O)c2cc(C)c(Br)s2)cc1OC. The fourth-order valence-electron chi connectivity index (χ4n) is 1.86. The van der Waals surface area contributed by atoms with Gasteiger partial charge in [-0.15, -0.1) is 11.3 Å². The molecule has 0 saturated heterocycles. The Bertz CT molecular complexity index is 615. The number of aryl methyl sites for hydroxylation is 1. The van der Waals surface area contributed by atoms with Gasteiger partial charge in [-0.3, -0.25) is 4.79 Å². The lowest BCUT2D eigenvalue weighted by molar-refractivity contribution is 0.0996. The third-order valence-corrected chi connectivity index (χ3v) is 5.12. The zero-order chi connectivity index (χ0) is 14.7. The average Bonchev–Trinajstić information content (AvgIpc) is 2.78. The van der Waals surface area contributed by atoms with E-state index in [2.05, 4.69) is 15.9 Å². The first-order valence-corrected chi connectivity index (χ1v) is 7.66. The molecule has 0 N–H and O–H groups in total. The molecule has 0 bridgehead atoms. The van der Waals surface area contributed by atoms with Crippen LogP contribution in [-0.4, -0.2) is 20.0 Å². The van der Waals surface area contributed by atoms with E-state index in [1.165, 1.54) is 11.3 Å². The Hall–Kier alpha value is -1.33. The van der Waals surface area contributed by atoms with Crippen molar-refractivity contribution in [2.75, 3.05) is 14.2 Å². The van der Waals surface area contributed by atoms with Crippen molar-refractivity contribution in [3.63, 3.8) is 0 Å². The Kier molecular flexibility index (Phi) is 4.83. The first-order chi connectivity index (χ1) is 9.55. The van der Waals surface area contributed by atoms with Crippen molar-refractivity contribution in [3.8, 4) is 11.5 Å². The van der Waals surface area contributed by atoms with E-state index in [4.69, 9.17) is 9.47 Å². The number of thiophene rings is 1. The van der Waals surface area contributed by atoms with Crippen molar-refractivity contribution in [1.82, 2.24) is 0 Å². The van der Waals surface area contributed by atoms with Crippen LogP contribution in [0.2, 0.25) is 0 Å². The number of rotatable bonds is 5. The second-order valence-electron chi connectivity index (χ2n) is 4.36. The van der Waals surface area contributed by atoms with Crippen molar-refractivity contribution in [2.24, 2.45) is 0 Å². The molecule has 0 atom stereocenters. The maximum absolute atomic E-state index is 12.3. The van der Waals surface area contributed by atoms with Gasteiger partial charge >= 0.3 is 0 Å². The molecule has 1 aromatic carbocycles. The molecule has 0 radical (unpaired) electrons. The van der Waals surface area contributed by atoms with Gasteiger partial charge in [0, 0.05) is 6.42 Å². The topological polar surface area (TPSA) is 35.5 Å². The quantitative estimate of drug-likeness (QED) is 0.752. The molecule has 0 aliphatic carbocycles. The van der Waals surface area contributed by atoms with Gasteiger partial charge < -0.3 is 9.47 Å². The molecule has 0 amide bonds. The van der Waals surface area contributed by atoms with E-state index in [0.717, 1.165) is 19.8 Å². The van der Waals surface area contributed by atoms with E-state index in [0.29, 0.717) is 17.9 Å². The summed E-state index contributed by atoms with van der Waals surface area (Å²) in [4.78, 5) is 13.0. The number of carbonyl (C=O) groups is 1. The van der Waals surface area contributed by atoms with Gasteiger partial charge in [0.2, 0.25) is 0 Å². The van der Waals surface area contributed by atoms with Crippen LogP contribution in [0.3, 0.4) is 0 Å². The van der Waals surface area contributed by atoms with Gasteiger partial charge in [0.05, 0.1) is 22.9 Å². The molecule has 0 fully saturated rings. The summed E-state index contributed by atoms with van der Waals surface area (Å²) >= 11 is 4.91. The highest BCUT2D eigenvalue weighted by Crippen LogP contribution is 2.30. The second kappa shape index (κ2) is 6.41. The van der Waals surface area contributed by atoms with Gasteiger partial charge in [-0.05, 0) is 52.2 Å². The van der Waals surface area contributed by atoms with E-state index in [-0.39, 0.29) is 5.78 Å². The summed E-state index contributed by atoms with van der Waals surface area (Å²) in [5.74, 6) is 1.41. The zero-order valence-corrected chi connectivity index (χ0v) is 13.9. The molecule has 2 rings (SSSR count). The molecule has 3 nitrogen and oxygen atoms in total. The molecule has 106 valence electrons. The van der Waals surface area contributed by atoms with Crippen LogP contribution in [0.5, 0.6) is 11.5 Å². The number of ether oxygens (including phenoxy) is 2. The van der Waals surface area contributed by atoms with Crippen molar-refractivity contribution >= 4 is 33.0 Å². The lowest BCUT2D eigenvalue weighted by Crippen LogP contribution is -2.02. The maximum Gasteiger partial charge on any atom is 0.177 e. The summed E-state index contributed by atoms with van der Waals surface area (Å²) in [6.45, 7) is 1.98. The van der Waals surface area contributed by atoms with E-state index in [1.54, 1.807) is 14.2 Å². The molecule has 1 aromatic heterocycles. The van der Waals surface area contributed by atoms with E-state index >= 15 is 0 Å². The summed E-state index contributed by atoms with van der Waals surface area (Å²) in [7, 11) is 3.18. The smallest absolute Gasteiger partial charge is 0.177 e. The Labute approximate surface area is 130 Å². The van der Waals surface area contributed by atoms with Crippen LogP contribution in [0.15, 0.2) is 28.1 Å². The summed E-state index contributed by atoms with van der Waals surface area (Å²) < 4.78 is 11.4. The van der Waals surface area contributed by atoms with E-state index in [9.17, 15) is 4.79 Å². The van der Waals surface area contributed by atoms with Crippen LogP contribution in [-0.2, 0) is 6.42 Å². The monoisotopic (exact) mass is 354 g/mol. The predicted octanol–water partition coefficient (Wildman–Crippen LogP) is 4.26. The fraction of sp³-hybridized carbons (Fsp3) is 0.267. The lowest BCUT2D eigenvalue weighted by Gasteiger charge is -2.08. The molecule has 5 heteroatoms. The molecular weight excluding hydrogens is 340 g/mol. The Morgan fingerprint density at radius 3 is 2.45 bits per heavy atom. The van der Waals surface area contributed by atoms with Crippen LogP contribution in [0, 0.1) is 6.92 Å². The first kappa shape index (κ1) is 15.1. The summed E-state index contributed by atoms with van der Waals surface area (Å²) in [6, 6.07) is 7.45. The van der Waals surface area contributed by atoms with Crippen LogP contribution < -0.4 is 9.47 Å². The highest BCUT2D eigenvalue weighted by Gasteiger charge is 2.13. The van der Waals surface area contributed by atoms with Crippen LogP contribution in [0.25, 0.3) is 0 Å². The summed E-state index contributed by atoms with van der Waals surface area (Å²) in [5, 5.41) is 0. The minimum Gasteiger partial charge on any atom is -0.493 e. The Balaban J connectivity index is 2.19. The molecule has 2 aromatic rings. The van der Waals surface area contributed by atoms with Gasteiger partial charge in [-0.1, -0.05) is 6.07 Å². The number of ketones is 1. The first-order valence-electron chi connectivity index (χ1n) is 6.05. The largest absolute Gasteiger partial charge is 0.493 e. The second-order valence-corrected chi connectivity index (χ2v) is 6.73. The predicted molar refractivity (Wildman–Crippen MR) is 84.3 cm³/mol. The number of Topliss-reactive ketones (excluding diaryl/α,β-unsaturated/α-hetero) is 1. The minimum absolute atomic E-state index is 0.107. The van der Waals surface area contributed by atoms with Crippen molar-refractivity contribution in [1.29, 1.82) is 0 Å². The van der Waals surface area contributed by atoms with E-state index in [1.807, 2.05) is 31.2 Å². The van der Waals surface area contributed by atoms with Gasteiger partial charge in [-0.25, -0.2) is 0 Å². The third kappa shape index (κ3) is 3.22. The average molecular weight is 355 g/mol. The lowest BCUT2D eigenvalue weighted by atomic mass is 10.1. The number of benzene rings is 1. The minimum atomic E-state index is 0.107. The highest BCUT2D eigenvalue weighted by molar-refractivity contribution is 9.11. The fourth-order valence-corrected chi connectivity index (χ4v) is 3.33. The molecule has 0 aliphatic heterocycles. The van der Waals surface area contributed by atoms with Gasteiger partial charge in [-0.2, -0.15) is 0 Å². The maximum atomic E-state index is 12.3. The Morgan fingerprint density at radius 1 is 1.20 bits per heavy atom. The molecule has 0 saturated carbocycles. The molecule has 0 aliphatic rings. The number of hydrogen-bond donors (Lipinski definition) is 0. The van der Waals surface area contributed by atoms with Crippen LogP contribution in [0.4, 0.5) is 0 Å². The molecular formula is C15H15BrO3S. The van der Waals surface area contributed by atoms with Crippen molar-refractivity contribution in [3.05, 3.63) is 44.1 Å². The van der Waals surface area contributed by atoms with Crippen molar-refractivity contribution in [2.45, 2.75) is 13.3 Å².